The van der Waals surface area contributed by atoms with Crippen LogP contribution in [0.2, 0.25) is 0 Å². The van der Waals surface area contributed by atoms with Gasteiger partial charge in [0.1, 0.15) is 23.0 Å². The number of aliphatic hydroxyl groups excluding tert-OH is 1. The Morgan fingerprint density at radius 2 is 0.968 bits per heavy atom. The van der Waals surface area contributed by atoms with Crippen molar-refractivity contribution in [1.82, 2.24) is 29.7 Å². The maximum atomic E-state index is 13.9. The Balaban J connectivity index is 0.000000158. The van der Waals surface area contributed by atoms with Crippen molar-refractivity contribution in [2.24, 2.45) is 0 Å². The predicted octanol–water partition coefficient (Wildman–Crippen LogP) is 8.58. The van der Waals surface area contributed by atoms with Gasteiger partial charge in [-0.3, -0.25) is 9.59 Å². The molecule has 10 rings (SSSR count). The van der Waals surface area contributed by atoms with E-state index in [1.165, 1.54) is 24.3 Å². The lowest BCUT2D eigenvalue weighted by Crippen LogP contribution is -2.27. The van der Waals surface area contributed by atoms with Crippen molar-refractivity contribution in [2.75, 3.05) is 11.5 Å². The van der Waals surface area contributed by atoms with Crippen LogP contribution in [-0.2, 0) is 38.7 Å². The number of amides is 2. The summed E-state index contributed by atoms with van der Waals surface area (Å²) < 4.78 is 27.8. The Morgan fingerprint density at radius 1 is 0.565 bits per heavy atom. The van der Waals surface area contributed by atoms with Crippen LogP contribution < -0.4 is 11.5 Å². The summed E-state index contributed by atoms with van der Waals surface area (Å²) in [5.41, 5.74) is 21.7. The van der Waals surface area contributed by atoms with E-state index in [1.54, 1.807) is 52.3 Å². The zero-order valence-electron chi connectivity index (χ0n) is 33.0. The number of nitrogens with zero attached hydrogens (tertiary/aromatic N) is 6. The number of rotatable bonds is 6. The van der Waals surface area contributed by atoms with Crippen molar-refractivity contribution >= 4 is 57.1 Å². The van der Waals surface area contributed by atoms with Gasteiger partial charge in [-0.05, 0) is 104 Å². The number of hydrogen-bond acceptors (Lipinski definition) is 9. The van der Waals surface area contributed by atoms with Gasteiger partial charge in [-0.25, -0.2) is 28.7 Å². The Hall–Kier alpha value is -7.35. The van der Waals surface area contributed by atoms with Gasteiger partial charge in [-0.15, -0.1) is 11.6 Å². The van der Waals surface area contributed by atoms with Gasteiger partial charge in [0.05, 0.1) is 17.6 Å². The number of hydrogen-bond donors (Lipinski definition) is 3. The summed E-state index contributed by atoms with van der Waals surface area (Å²) in [7, 11) is 0. The van der Waals surface area contributed by atoms with E-state index in [9.17, 15) is 23.5 Å². The fraction of sp³-hybridized carbons (Fsp3) is 0.125. The monoisotopic (exact) mass is 846 g/mol. The first kappa shape index (κ1) is 40.1. The lowest BCUT2D eigenvalue weighted by molar-refractivity contribution is 0.0741. The minimum atomic E-state index is -0.410. The van der Waals surface area contributed by atoms with Crippen LogP contribution >= 0.6 is 11.6 Å². The highest BCUT2D eigenvalue weighted by Gasteiger charge is 2.29. The van der Waals surface area contributed by atoms with Crippen LogP contribution in [0.4, 0.5) is 20.7 Å². The second-order valence-corrected chi connectivity index (χ2v) is 15.3. The van der Waals surface area contributed by atoms with Crippen LogP contribution in [0.3, 0.4) is 0 Å². The van der Waals surface area contributed by atoms with Gasteiger partial charge in [-0.1, -0.05) is 72.8 Å². The summed E-state index contributed by atoms with van der Waals surface area (Å²) >= 11 is 6.06. The fourth-order valence-corrected chi connectivity index (χ4v) is 8.33. The molecule has 0 bridgehead atoms. The Bertz CT molecular complexity index is 2840. The number of nitrogens with two attached hydrogens (primary N) is 2. The molecule has 2 amide bonds. The van der Waals surface area contributed by atoms with E-state index in [0.29, 0.717) is 70.2 Å². The second kappa shape index (κ2) is 16.6. The van der Waals surface area contributed by atoms with Crippen molar-refractivity contribution < 1.29 is 23.5 Å². The van der Waals surface area contributed by atoms with Gasteiger partial charge in [0, 0.05) is 42.8 Å². The molecule has 11 nitrogen and oxygen atoms in total. The lowest BCUT2D eigenvalue weighted by atomic mass is 9.97. The topological polar surface area (TPSA) is 164 Å². The highest BCUT2D eigenvalue weighted by molar-refractivity contribution is 6.17. The Kier molecular flexibility index (Phi) is 10.7. The van der Waals surface area contributed by atoms with Crippen LogP contribution in [-0.4, -0.2) is 46.7 Å². The number of fused-ring (bicyclic) bond motifs is 4. The molecule has 0 saturated heterocycles. The number of carbonyl (C=O) groups is 2. The summed E-state index contributed by atoms with van der Waals surface area (Å²) in [5.74, 6) is -0.937. The molecule has 0 radical (unpaired) electrons. The Labute approximate surface area is 359 Å². The third-order valence-electron chi connectivity index (χ3n) is 11.2. The molecule has 0 atom stereocenters. The van der Waals surface area contributed by atoms with Gasteiger partial charge >= 0.3 is 0 Å². The average molecular weight is 847 g/mol. The molecule has 5 N–H and O–H groups in total. The van der Waals surface area contributed by atoms with Crippen LogP contribution in [0.15, 0.2) is 121 Å². The molecule has 0 unspecified atom stereocenters. The molecule has 2 aliphatic heterocycles. The van der Waals surface area contributed by atoms with E-state index >= 15 is 0 Å². The normalized spacial score (nSPS) is 12.9. The molecule has 14 heteroatoms. The van der Waals surface area contributed by atoms with E-state index in [4.69, 9.17) is 23.1 Å². The number of halogens is 3. The first-order valence-electron chi connectivity index (χ1n) is 19.7. The third kappa shape index (κ3) is 7.75. The molecule has 4 heterocycles. The smallest absolute Gasteiger partial charge is 0.273 e. The maximum absolute atomic E-state index is 13.9. The molecule has 6 aromatic carbocycles. The van der Waals surface area contributed by atoms with Crippen LogP contribution in [0.5, 0.6) is 0 Å². The number of alkyl halides is 1. The zero-order valence-corrected chi connectivity index (χ0v) is 33.8. The zero-order chi connectivity index (χ0) is 43.1. The molecular formula is C48H37ClF2N8O3. The number of aromatic nitrogens is 4. The van der Waals surface area contributed by atoms with Gasteiger partial charge in [0.2, 0.25) is 11.9 Å². The first-order chi connectivity index (χ1) is 30.1. The van der Waals surface area contributed by atoms with Crippen molar-refractivity contribution in [2.45, 2.75) is 38.7 Å². The summed E-state index contributed by atoms with van der Waals surface area (Å²) in [6.07, 6.45) is 0. The predicted molar refractivity (Wildman–Crippen MR) is 234 cm³/mol. The number of carbonyl (C=O) groups excluding carboxylic acids is 2. The van der Waals surface area contributed by atoms with E-state index in [0.717, 1.165) is 33.4 Å². The minimum Gasteiger partial charge on any atom is -0.392 e. The van der Waals surface area contributed by atoms with Gasteiger partial charge in [0.25, 0.3) is 11.8 Å². The molecule has 8 aromatic rings. The van der Waals surface area contributed by atoms with E-state index in [-0.39, 0.29) is 53.4 Å². The third-order valence-corrected chi connectivity index (χ3v) is 11.5. The van der Waals surface area contributed by atoms with E-state index < -0.39 is 5.82 Å². The molecule has 2 aromatic heterocycles. The Morgan fingerprint density at radius 3 is 1.37 bits per heavy atom. The maximum Gasteiger partial charge on any atom is 0.273 e. The molecule has 308 valence electrons. The summed E-state index contributed by atoms with van der Waals surface area (Å²) in [6.45, 7) is 1.79. The molecule has 62 heavy (non-hydrogen) atoms. The first-order valence-corrected chi connectivity index (χ1v) is 20.2. The highest BCUT2D eigenvalue weighted by Crippen LogP contribution is 2.33. The number of benzene rings is 6. The van der Waals surface area contributed by atoms with E-state index in [1.807, 2.05) is 54.6 Å². The molecule has 0 fully saturated rings. The van der Waals surface area contributed by atoms with E-state index in [2.05, 4.69) is 19.9 Å². The van der Waals surface area contributed by atoms with Crippen molar-refractivity contribution in [1.29, 1.82) is 0 Å². The van der Waals surface area contributed by atoms with Crippen molar-refractivity contribution in [3.8, 4) is 22.3 Å². The highest BCUT2D eigenvalue weighted by atomic mass is 35.5. The largest absolute Gasteiger partial charge is 0.392 e. The molecule has 0 saturated carbocycles. The molecule has 0 aliphatic carbocycles. The number of nitrogen functional groups attached to an aromatic ring is 2. The lowest BCUT2D eigenvalue weighted by Gasteiger charge is -2.17. The molecule has 2 aliphatic rings. The standard InChI is InChI=1S/C24H18ClFN4O.C24H19FN4O2/c25-11-15-5-7-18(26)10-19(15)14-6-8-21-20(9-14)22(29-24(27)28-21)23(31)30-12-16-3-1-2-4-17(16)13-30;25-18-7-5-17(13-30)19(10-18)14-6-8-21-20(9-14)22(28-24(26)27-21)23(31)29-11-15-3-1-2-4-16(15)12-29/h1-10H,11-13H2,(H2,27,28,29);1-10,30H,11-13H2,(H2,26,27,28). The number of anilines is 2. The summed E-state index contributed by atoms with van der Waals surface area (Å²) in [5, 5.41) is 10.8. The summed E-state index contributed by atoms with van der Waals surface area (Å²) in [4.78, 5) is 47.3. The van der Waals surface area contributed by atoms with Crippen LogP contribution in [0.1, 0.15) is 54.4 Å². The SMILES string of the molecule is Nc1nc(C(=O)N2Cc3ccccc3C2)c2cc(-c3cc(F)ccc3CCl)ccc2n1.Nc1nc(C(=O)N2Cc3ccccc3C2)c2cc(-c3cc(F)ccc3CO)ccc2n1. The van der Waals surface area contributed by atoms with Crippen LogP contribution in [0.25, 0.3) is 44.1 Å². The molecular weight excluding hydrogens is 810 g/mol. The quantitative estimate of drug-likeness (QED) is 0.139. The van der Waals surface area contributed by atoms with Gasteiger partial charge in [-0.2, -0.15) is 0 Å². The average Bonchev–Trinajstić information content (AvgIpc) is 3.93. The molecule has 0 spiro atoms. The number of aliphatic hydroxyl groups is 1. The van der Waals surface area contributed by atoms with Gasteiger partial charge < -0.3 is 26.4 Å². The van der Waals surface area contributed by atoms with Crippen molar-refractivity contribution in [3.63, 3.8) is 0 Å². The fourth-order valence-electron chi connectivity index (χ4n) is 8.10. The summed E-state index contributed by atoms with van der Waals surface area (Å²) in [6, 6.07) is 35.2. The second-order valence-electron chi connectivity index (χ2n) is 15.1. The van der Waals surface area contributed by atoms with Gasteiger partial charge in [0.15, 0.2) is 0 Å². The van der Waals surface area contributed by atoms with Crippen molar-refractivity contribution in [3.05, 3.63) is 178 Å². The minimum absolute atomic E-state index is 0.0158. The van der Waals surface area contributed by atoms with Crippen LogP contribution in [0, 0.1) is 11.6 Å².